The molecule has 0 aromatic heterocycles. The van der Waals surface area contributed by atoms with Crippen molar-refractivity contribution in [3.8, 4) is 0 Å². The van der Waals surface area contributed by atoms with Crippen LogP contribution in [0.3, 0.4) is 0 Å². The summed E-state index contributed by atoms with van der Waals surface area (Å²) in [5.74, 6) is -0.832. The molecule has 0 N–H and O–H groups in total. The van der Waals surface area contributed by atoms with Gasteiger partial charge in [0.25, 0.3) is 0 Å². The molecular formula is C14H22O6. The van der Waals surface area contributed by atoms with E-state index >= 15 is 0 Å². The van der Waals surface area contributed by atoms with Crippen molar-refractivity contribution in [2.75, 3.05) is 6.61 Å². The van der Waals surface area contributed by atoms with E-state index in [2.05, 4.69) is 0 Å². The molecule has 1 aliphatic rings. The Morgan fingerprint density at radius 3 is 2.50 bits per heavy atom. The zero-order valence-electron chi connectivity index (χ0n) is 12.3. The van der Waals surface area contributed by atoms with Gasteiger partial charge in [-0.1, -0.05) is 6.92 Å². The number of rotatable bonds is 6. The summed E-state index contributed by atoms with van der Waals surface area (Å²) in [4.78, 5) is 21.9. The lowest BCUT2D eigenvalue weighted by Gasteiger charge is -2.32. The van der Waals surface area contributed by atoms with Crippen molar-refractivity contribution in [3.63, 3.8) is 0 Å². The fourth-order valence-corrected chi connectivity index (χ4v) is 1.66. The largest absolute Gasteiger partial charge is 0.463 e. The fourth-order valence-electron chi connectivity index (χ4n) is 1.66. The van der Waals surface area contributed by atoms with E-state index < -0.39 is 30.4 Å². The Kier molecular flexibility index (Phi) is 6.67. The van der Waals surface area contributed by atoms with E-state index in [1.165, 1.54) is 13.8 Å². The summed E-state index contributed by atoms with van der Waals surface area (Å²) in [5.41, 5.74) is 0. The zero-order chi connectivity index (χ0) is 15.1. The second kappa shape index (κ2) is 8.01. The molecule has 0 bridgehead atoms. The maximum absolute atomic E-state index is 11.1. The van der Waals surface area contributed by atoms with Gasteiger partial charge in [0.1, 0.15) is 18.8 Å². The van der Waals surface area contributed by atoms with Crippen LogP contribution >= 0.6 is 0 Å². The van der Waals surface area contributed by atoms with Crippen LogP contribution in [0.2, 0.25) is 0 Å². The predicted molar refractivity (Wildman–Crippen MR) is 70.8 cm³/mol. The minimum Gasteiger partial charge on any atom is -0.463 e. The molecule has 4 atom stereocenters. The van der Waals surface area contributed by atoms with Gasteiger partial charge in [-0.25, -0.2) is 0 Å². The lowest BCUT2D eigenvalue weighted by molar-refractivity contribution is -0.207. The summed E-state index contributed by atoms with van der Waals surface area (Å²) in [5, 5.41) is 0. The SMILES string of the molecule is CCC(C)O[C@@H]1C=C[C@H](OC(C)=O)C(COC(C)=O)O1. The van der Waals surface area contributed by atoms with Crippen molar-refractivity contribution in [2.24, 2.45) is 0 Å². The molecule has 6 nitrogen and oxygen atoms in total. The summed E-state index contributed by atoms with van der Waals surface area (Å²) in [6.07, 6.45) is 2.62. The first-order valence-corrected chi connectivity index (χ1v) is 6.72. The minimum atomic E-state index is -0.580. The number of ether oxygens (including phenoxy) is 4. The molecule has 2 unspecified atom stereocenters. The summed E-state index contributed by atoms with van der Waals surface area (Å²) in [6, 6.07) is 0. The van der Waals surface area contributed by atoms with E-state index in [1.54, 1.807) is 12.2 Å². The molecule has 0 fully saturated rings. The Morgan fingerprint density at radius 2 is 1.95 bits per heavy atom. The van der Waals surface area contributed by atoms with Gasteiger partial charge in [0, 0.05) is 13.8 Å². The average molecular weight is 286 g/mol. The number of hydrogen-bond acceptors (Lipinski definition) is 6. The smallest absolute Gasteiger partial charge is 0.303 e. The second-order valence-electron chi connectivity index (χ2n) is 4.66. The molecule has 114 valence electrons. The second-order valence-corrected chi connectivity index (χ2v) is 4.66. The van der Waals surface area contributed by atoms with Crippen molar-refractivity contribution in [2.45, 2.75) is 58.7 Å². The highest BCUT2D eigenvalue weighted by Gasteiger charge is 2.31. The number of hydrogen-bond donors (Lipinski definition) is 0. The molecule has 20 heavy (non-hydrogen) atoms. The van der Waals surface area contributed by atoms with Gasteiger partial charge in [0.2, 0.25) is 0 Å². The van der Waals surface area contributed by atoms with Gasteiger partial charge in [-0.2, -0.15) is 0 Å². The van der Waals surface area contributed by atoms with Crippen LogP contribution in [-0.4, -0.2) is 43.1 Å². The first-order valence-electron chi connectivity index (χ1n) is 6.72. The molecule has 0 aromatic rings. The molecular weight excluding hydrogens is 264 g/mol. The quantitative estimate of drug-likeness (QED) is 0.545. The minimum absolute atomic E-state index is 0.0119. The van der Waals surface area contributed by atoms with Crippen molar-refractivity contribution >= 4 is 11.9 Å². The monoisotopic (exact) mass is 286 g/mol. The van der Waals surface area contributed by atoms with Crippen molar-refractivity contribution in [1.82, 2.24) is 0 Å². The van der Waals surface area contributed by atoms with Crippen LogP contribution in [0.5, 0.6) is 0 Å². The molecule has 1 heterocycles. The summed E-state index contributed by atoms with van der Waals surface area (Å²) < 4.78 is 21.3. The maximum atomic E-state index is 11.1. The highest BCUT2D eigenvalue weighted by Crippen LogP contribution is 2.19. The van der Waals surface area contributed by atoms with Gasteiger partial charge in [0.15, 0.2) is 6.29 Å². The van der Waals surface area contributed by atoms with E-state index in [0.29, 0.717) is 0 Å². The van der Waals surface area contributed by atoms with E-state index in [0.717, 1.165) is 6.42 Å². The molecule has 0 radical (unpaired) electrons. The Hall–Kier alpha value is -1.40. The average Bonchev–Trinajstić information content (AvgIpc) is 2.37. The Labute approximate surface area is 119 Å². The van der Waals surface area contributed by atoms with Gasteiger partial charge in [-0.15, -0.1) is 0 Å². The third kappa shape index (κ3) is 5.71. The summed E-state index contributed by atoms with van der Waals surface area (Å²) in [6.45, 7) is 6.59. The van der Waals surface area contributed by atoms with Crippen LogP contribution in [0.4, 0.5) is 0 Å². The molecule has 0 amide bonds. The van der Waals surface area contributed by atoms with Gasteiger partial charge < -0.3 is 18.9 Å². The topological polar surface area (TPSA) is 71.1 Å². The molecule has 0 aromatic carbocycles. The third-order valence-corrected chi connectivity index (χ3v) is 2.83. The van der Waals surface area contributed by atoms with Crippen molar-refractivity contribution in [3.05, 3.63) is 12.2 Å². The van der Waals surface area contributed by atoms with Crippen molar-refractivity contribution in [1.29, 1.82) is 0 Å². The van der Waals surface area contributed by atoms with Gasteiger partial charge in [-0.3, -0.25) is 9.59 Å². The predicted octanol–water partition coefficient (Wildman–Crippen LogP) is 1.58. The van der Waals surface area contributed by atoms with Crippen LogP contribution in [0.1, 0.15) is 34.1 Å². The van der Waals surface area contributed by atoms with E-state index in [9.17, 15) is 9.59 Å². The van der Waals surface area contributed by atoms with Gasteiger partial charge in [-0.05, 0) is 25.5 Å². The van der Waals surface area contributed by atoms with Crippen molar-refractivity contribution < 1.29 is 28.5 Å². The van der Waals surface area contributed by atoms with E-state index in [4.69, 9.17) is 18.9 Å². The highest BCUT2D eigenvalue weighted by atomic mass is 16.7. The highest BCUT2D eigenvalue weighted by molar-refractivity contribution is 5.66. The molecule has 0 aliphatic carbocycles. The molecule has 0 saturated carbocycles. The first-order chi connectivity index (χ1) is 9.42. The summed E-state index contributed by atoms with van der Waals surface area (Å²) in [7, 11) is 0. The Balaban J connectivity index is 2.65. The van der Waals surface area contributed by atoms with Gasteiger partial charge in [0.05, 0.1) is 6.10 Å². The standard InChI is InChI=1S/C14H22O6/c1-5-9(2)18-14-7-6-12(19-11(4)16)13(20-14)8-17-10(3)15/h6-7,9,12-14H,5,8H2,1-4H3/t9?,12-,13?,14-/m0/s1. The lowest BCUT2D eigenvalue weighted by Crippen LogP contribution is -2.42. The van der Waals surface area contributed by atoms with Crippen LogP contribution in [-0.2, 0) is 28.5 Å². The molecule has 6 heteroatoms. The van der Waals surface area contributed by atoms with E-state index in [1.807, 2.05) is 13.8 Å². The third-order valence-electron chi connectivity index (χ3n) is 2.83. The maximum Gasteiger partial charge on any atom is 0.303 e. The Bertz CT molecular complexity index is 365. The summed E-state index contributed by atoms with van der Waals surface area (Å²) >= 11 is 0. The molecule has 1 aliphatic heterocycles. The Morgan fingerprint density at radius 1 is 1.25 bits per heavy atom. The number of carbonyl (C=O) groups excluding carboxylic acids is 2. The van der Waals surface area contributed by atoms with Crippen LogP contribution < -0.4 is 0 Å². The first kappa shape index (κ1) is 16.7. The molecule has 1 rings (SSSR count). The van der Waals surface area contributed by atoms with E-state index in [-0.39, 0.29) is 12.7 Å². The van der Waals surface area contributed by atoms with Gasteiger partial charge >= 0.3 is 11.9 Å². The fraction of sp³-hybridized carbons (Fsp3) is 0.714. The van der Waals surface area contributed by atoms with Crippen LogP contribution in [0.25, 0.3) is 0 Å². The molecule has 0 spiro atoms. The number of esters is 2. The molecule has 0 saturated heterocycles. The lowest BCUT2D eigenvalue weighted by atomic mass is 10.1. The zero-order valence-corrected chi connectivity index (χ0v) is 12.3. The van der Waals surface area contributed by atoms with Crippen LogP contribution in [0, 0.1) is 0 Å². The van der Waals surface area contributed by atoms with Crippen LogP contribution in [0.15, 0.2) is 12.2 Å². The number of carbonyl (C=O) groups is 2. The normalized spacial score (nSPS) is 26.9.